The number of hydrogen-bond donors (Lipinski definition) is 3. The number of quaternary nitrogens is 1. The van der Waals surface area contributed by atoms with Gasteiger partial charge in [-0.15, -0.1) is 0 Å². The molecule has 3 N–H and O–H groups in total. The van der Waals surface area contributed by atoms with Crippen LogP contribution in [-0.2, 0) is 13.0 Å². The first-order valence-electron chi connectivity index (χ1n) is 9.80. The summed E-state index contributed by atoms with van der Waals surface area (Å²) < 4.78 is 11.7. The highest BCUT2D eigenvalue weighted by Crippen LogP contribution is 2.27. The highest BCUT2D eigenvalue weighted by molar-refractivity contribution is 5.81. The maximum Gasteiger partial charge on any atom is 0.331 e. The second kappa shape index (κ2) is 9.49. The van der Waals surface area contributed by atoms with Gasteiger partial charge in [0.2, 0.25) is 5.88 Å². The van der Waals surface area contributed by atoms with Crippen LogP contribution in [0.1, 0.15) is 11.1 Å². The van der Waals surface area contributed by atoms with Gasteiger partial charge in [0.15, 0.2) is 11.5 Å². The van der Waals surface area contributed by atoms with Gasteiger partial charge in [0.25, 0.3) is 5.56 Å². The summed E-state index contributed by atoms with van der Waals surface area (Å²) in [5.41, 5.74) is -0.477. The van der Waals surface area contributed by atoms with Gasteiger partial charge < -0.3 is 19.5 Å². The van der Waals surface area contributed by atoms with E-state index in [9.17, 15) is 14.7 Å². The SMILES string of the molecule is COc1ccc(CCn2c(O)c(/C=N/N3CC[NH+](C)CC3)c(=O)[nH]c2=O)cc1OC. The van der Waals surface area contributed by atoms with Crippen LogP contribution in [0.2, 0.25) is 0 Å². The third kappa shape index (κ3) is 4.82. The van der Waals surface area contributed by atoms with E-state index in [4.69, 9.17) is 9.47 Å². The van der Waals surface area contributed by atoms with Crippen LogP contribution in [0.3, 0.4) is 0 Å². The molecule has 1 saturated heterocycles. The molecule has 0 bridgehead atoms. The summed E-state index contributed by atoms with van der Waals surface area (Å²) in [6, 6.07) is 5.44. The van der Waals surface area contributed by atoms with Crippen molar-refractivity contribution in [3.05, 3.63) is 50.2 Å². The minimum atomic E-state index is -0.668. The number of methoxy groups -OCH3 is 2. The highest BCUT2D eigenvalue weighted by atomic mass is 16.5. The summed E-state index contributed by atoms with van der Waals surface area (Å²) in [6.07, 6.45) is 1.76. The zero-order valence-corrected chi connectivity index (χ0v) is 17.5. The lowest BCUT2D eigenvalue weighted by molar-refractivity contribution is -0.884. The first kappa shape index (κ1) is 21.4. The average molecular weight is 418 g/mol. The molecule has 10 nitrogen and oxygen atoms in total. The van der Waals surface area contributed by atoms with Crippen molar-refractivity contribution in [1.29, 1.82) is 0 Å². The quantitative estimate of drug-likeness (QED) is 0.480. The van der Waals surface area contributed by atoms with Crippen LogP contribution >= 0.6 is 0 Å². The van der Waals surface area contributed by atoms with Gasteiger partial charge in [0, 0.05) is 6.54 Å². The number of hydrazone groups is 1. The van der Waals surface area contributed by atoms with Crippen molar-refractivity contribution in [3.8, 4) is 17.4 Å². The lowest BCUT2D eigenvalue weighted by Crippen LogP contribution is -3.11. The standard InChI is InChI=1S/C20H27N5O5/c1-23-8-10-24(11-9-23)21-13-15-18(26)22-20(28)25(19(15)27)7-6-14-4-5-16(29-2)17(12-14)30-3/h4-5,12-13,27H,6-11H2,1-3H3,(H,22,26,28)/p+1/b21-13+. The van der Waals surface area contributed by atoms with Crippen LogP contribution in [-0.4, -0.2) is 73.3 Å². The Hall–Kier alpha value is -3.27. The number of benzene rings is 1. The van der Waals surface area contributed by atoms with Gasteiger partial charge >= 0.3 is 5.69 Å². The second-order valence-corrected chi connectivity index (χ2v) is 7.24. The molecule has 3 rings (SSSR count). The van der Waals surface area contributed by atoms with E-state index in [1.54, 1.807) is 20.3 Å². The number of H-pyrrole nitrogens is 1. The van der Waals surface area contributed by atoms with Crippen LogP contribution in [0.5, 0.6) is 17.4 Å². The molecule has 0 spiro atoms. The molecule has 0 saturated carbocycles. The Balaban J connectivity index is 1.79. The zero-order chi connectivity index (χ0) is 21.7. The van der Waals surface area contributed by atoms with Gasteiger partial charge in [-0.05, 0) is 24.1 Å². The van der Waals surface area contributed by atoms with Gasteiger partial charge in [0.05, 0.1) is 53.7 Å². The lowest BCUT2D eigenvalue weighted by atomic mass is 10.1. The summed E-state index contributed by atoms with van der Waals surface area (Å²) in [7, 11) is 5.22. The number of hydrogen-bond acceptors (Lipinski definition) is 7. The van der Waals surface area contributed by atoms with Gasteiger partial charge in [-0.3, -0.25) is 19.4 Å². The molecule has 30 heavy (non-hydrogen) atoms. The summed E-state index contributed by atoms with van der Waals surface area (Å²) in [4.78, 5) is 28.1. The first-order chi connectivity index (χ1) is 14.4. The van der Waals surface area contributed by atoms with Gasteiger partial charge in [0.1, 0.15) is 5.56 Å². The lowest BCUT2D eigenvalue weighted by Gasteiger charge is -2.27. The molecule has 2 aromatic rings. The number of aromatic nitrogens is 2. The number of nitrogens with zero attached hydrogens (tertiary/aromatic N) is 3. The average Bonchev–Trinajstić information content (AvgIpc) is 2.74. The summed E-state index contributed by atoms with van der Waals surface area (Å²) in [6.45, 7) is 3.60. The van der Waals surface area contributed by atoms with E-state index < -0.39 is 17.1 Å². The van der Waals surface area contributed by atoms with E-state index in [1.165, 1.54) is 11.1 Å². The van der Waals surface area contributed by atoms with Crippen molar-refractivity contribution in [1.82, 2.24) is 14.6 Å². The van der Waals surface area contributed by atoms with Crippen LogP contribution in [0, 0.1) is 0 Å². The molecular weight excluding hydrogens is 390 g/mol. The molecule has 162 valence electrons. The molecule has 2 heterocycles. The Kier molecular flexibility index (Phi) is 6.78. The van der Waals surface area contributed by atoms with E-state index in [-0.39, 0.29) is 12.1 Å². The fraction of sp³-hybridized carbons (Fsp3) is 0.450. The molecule has 0 radical (unpaired) electrons. The van der Waals surface area contributed by atoms with Crippen LogP contribution in [0.15, 0.2) is 32.9 Å². The number of rotatable bonds is 7. The predicted octanol–water partition coefficient (Wildman–Crippen LogP) is -1.33. The number of aromatic amines is 1. The van der Waals surface area contributed by atoms with E-state index in [2.05, 4.69) is 17.1 Å². The monoisotopic (exact) mass is 418 g/mol. The largest absolute Gasteiger partial charge is 0.494 e. The third-order valence-electron chi connectivity index (χ3n) is 5.22. The topological polar surface area (TPSA) is 114 Å². The summed E-state index contributed by atoms with van der Waals surface area (Å²) in [5, 5.41) is 16.7. The Morgan fingerprint density at radius 3 is 2.57 bits per heavy atom. The highest BCUT2D eigenvalue weighted by Gasteiger charge is 2.16. The molecule has 0 amide bonds. The van der Waals surface area contributed by atoms with E-state index in [1.807, 2.05) is 17.1 Å². The Morgan fingerprint density at radius 1 is 1.20 bits per heavy atom. The smallest absolute Gasteiger partial charge is 0.331 e. The van der Waals surface area contributed by atoms with Crippen molar-refractivity contribution in [2.24, 2.45) is 5.10 Å². The number of piperazine rings is 1. The number of ether oxygens (including phenoxy) is 2. The van der Waals surface area contributed by atoms with Crippen LogP contribution < -0.4 is 25.6 Å². The molecular formula is C20H28N5O5+. The first-order valence-corrected chi connectivity index (χ1v) is 9.80. The minimum Gasteiger partial charge on any atom is -0.494 e. The Labute approximate surface area is 174 Å². The molecule has 1 aromatic heterocycles. The van der Waals surface area contributed by atoms with Gasteiger partial charge in [-0.2, -0.15) is 5.10 Å². The molecule has 1 aliphatic rings. The van der Waals surface area contributed by atoms with Crippen molar-refractivity contribution in [2.75, 3.05) is 47.4 Å². The van der Waals surface area contributed by atoms with Crippen molar-refractivity contribution >= 4 is 6.21 Å². The number of nitrogens with one attached hydrogen (secondary N) is 2. The third-order valence-corrected chi connectivity index (χ3v) is 5.22. The van der Waals surface area contributed by atoms with Crippen molar-refractivity contribution in [3.63, 3.8) is 0 Å². The van der Waals surface area contributed by atoms with E-state index in [0.29, 0.717) is 17.9 Å². The van der Waals surface area contributed by atoms with Gasteiger partial charge in [-0.1, -0.05) is 6.07 Å². The van der Waals surface area contributed by atoms with Crippen LogP contribution in [0.25, 0.3) is 0 Å². The molecule has 1 fully saturated rings. The fourth-order valence-electron chi connectivity index (χ4n) is 3.31. The summed E-state index contributed by atoms with van der Waals surface area (Å²) in [5.74, 6) is 0.789. The van der Waals surface area contributed by atoms with E-state index in [0.717, 1.165) is 36.3 Å². The maximum absolute atomic E-state index is 12.2. The molecule has 0 unspecified atom stereocenters. The molecule has 0 aliphatic carbocycles. The Morgan fingerprint density at radius 2 is 1.90 bits per heavy atom. The molecule has 0 atom stereocenters. The number of likely N-dealkylation sites (N-methyl/N-ethyl adjacent to an activating group) is 1. The normalized spacial score (nSPS) is 15.0. The van der Waals surface area contributed by atoms with Crippen LogP contribution in [0.4, 0.5) is 0 Å². The predicted molar refractivity (Wildman–Crippen MR) is 112 cm³/mol. The van der Waals surface area contributed by atoms with Crippen molar-refractivity contribution in [2.45, 2.75) is 13.0 Å². The molecule has 1 aliphatic heterocycles. The maximum atomic E-state index is 12.2. The second-order valence-electron chi connectivity index (χ2n) is 7.24. The zero-order valence-electron chi connectivity index (χ0n) is 17.5. The van der Waals surface area contributed by atoms with Crippen molar-refractivity contribution < 1.29 is 19.5 Å². The molecule has 10 heteroatoms. The van der Waals surface area contributed by atoms with Gasteiger partial charge in [-0.25, -0.2) is 4.79 Å². The Bertz CT molecular complexity index is 1020. The fourth-order valence-corrected chi connectivity index (χ4v) is 3.31. The molecule has 1 aromatic carbocycles. The number of aromatic hydroxyl groups is 1. The summed E-state index contributed by atoms with van der Waals surface area (Å²) >= 11 is 0. The number of aryl methyl sites for hydroxylation is 1. The van der Waals surface area contributed by atoms with E-state index >= 15 is 0 Å². The minimum absolute atomic E-state index is 0.0341.